The first-order chi connectivity index (χ1) is 10.3. The normalized spacial score (nSPS) is 10.7. The maximum Gasteiger partial charge on any atom is 0.271 e. The summed E-state index contributed by atoms with van der Waals surface area (Å²) in [6.07, 6.45) is 3.56. The summed E-state index contributed by atoms with van der Waals surface area (Å²) in [5.41, 5.74) is 2.97. The van der Waals surface area contributed by atoms with E-state index in [1.165, 1.54) is 0 Å². The second kappa shape index (κ2) is 5.76. The Balaban J connectivity index is 1.68. The van der Waals surface area contributed by atoms with E-state index < -0.39 is 0 Å². The van der Waals surface area contributed by atoms with Gasteiger partial charge in [0.1, 0.15) is 11.3 Å². The molecule has 3 rings (SSSR count). The summed E-state index contributed by atoms with van der Waals surface area (Å²) < 4.78 is 1.81. The van der Waals surface area contributed by atoms with Crippen molar-refractivity contribution in [2.45, 2.75) is 13.2 Å². The van der Waals surface area contributed by atoms with Crippen LogP contribution in [0.3, 0.4) is 0 Å². The molecule has 2 N–H and O–H groups in total. The third-order valence-electron chi connectivity index (χ3n) is 3.26. The molecule has 0 atom stereocenters. The van der Waals surface area contributed by atoms with Crippen molar-refractivity contribution in [3.63, 3.8) is 0 Å². The smallest absolute Gasteiger partial charge is 0.271 e. The van der Waals surface area contributed by atoms with Gasteiger partial charge in [-0.1, -0.05) is 30.3 Å². The molecule has 0 aliphatic rings. The molecule has 0 unspecified atom stereocenters. The van der Waals surface area contributed by atoms with Gasteiger partial charge in [0.2, 0.25) is 0 Å². The Kier molecular flexibility index (Phi) is 3.66. The average molecular weight is 281 g/mol. The van der Waals surface area contributed by atoms with Gasteiger partial charge in [0, 0.05) is 18.9 Å². The minimum absolute atomic E-state index is 0.0217. The average Bonchev–Trinajstić information content (AvgIpc) is 2.97. The lowest BCUT2D eigenvalue weighted by Crippen LogP contribution is -2.23. The molecule has 1 aromatic carbocycles. The molecule has 106 valence electrons. The zero-order valence-electron chi connectivity index (χ0n) is 11.4. The zero-order chi connectivity index (χ0) is 14.7. The number of rotatable bonds is 4. The summed E-state index contributed by atoms with van der Waals surface area (Å²) in [7, 11) is 0. The van der Waals surface area contributed by atoms with Crippen molar-refractivity contribution < 1.29 is 9.90 Å². The number of imidazole rings is 1. The number of carbonyl (C=O) groups is 1. The highest BCUT2D eigenvalue weighted by atomic mass is 16.3. The molecule has 21 heavy (non-hydrogen) atoms. The van der Waals surface area contributed by atoms with Crippen LogP contribution in [0.4, 0.5) is 0 Å². The van der Waals surface area contributed by atoms with Crippen molar-refractivity contribution in [1.29, 1.82) is 0 Å². The number of hydrogen-bond donors (Lipinski definition) is 2. The van der Waals surface area contributed by atoms with Gasteiger partial charge in [-0.25, -0.2) is 4.98 Å². The zero-order valence-corrected chi connectivity index (χ0v) is 11.4. The van der Waals surface area contributed by atoms with Gasteiger partial charge in [0.05, 0.1) is 6.61 Å². The van der Waals surface area contributed by atoms with Gasteiger partial charge >= 0.3 is 0 Å². The summed E-state index contributed by atoms with van der Waals surface area (Å²) in [6, 6.07) is 13.1. The van der Waals surface area contributed by atoms with E-state index in [1.54, 1.807) is 6.20 Å². The molecule has 0 saturated heterocycles. The minimum Gasteiger partial charge on any atom is -0.392 e. The lowest BCUT2D eigenvalue weighted by Gasteiger charge is -2.04. The van der Waals surface area contributed by atoms with E-state index >= 15 is 0 Å². The Labute approximate surface area is 121 Å². The predicted molar refractivity (Wildman–Crippen MR) is 78.7 cm³/mol. The van der Waals surface area contributed by atoms with Gasteiger partial charge in [-0.2, -0.15) is 0 Å². The van der Waals surface area contributed by atoms with Gasteiger partial charge < -0.3 is 14.8 Å². The van der Waals surface area contributed by atoms with Crippen LogP contribution in [-0.4, -0.2) is 20.4 Å². The molecule has 5 nitrogen and oxygen atoms in total. The molecule has 0 saturated carbocycles. The number of carbonyl (C=O) groups excluding carboxylic acids is 1. The van der Waals surface area contributed by atoms with Gasteiger partial charge in [0.25, 0.3) is 5.91 Å². The Morgan fingerprint density at radius 2 is 1.90 bits per heavy atom. The fourth-order valence-corrected chi connectivity index (χ4v) is 2.08. The van der Waals surface area contributed by atoms with Crippen LogP contribution in [0, 0.1) is 0 Å². The van der Waals surface area contributed by atoms with Crippen LogP contribution >= 0.6 is 0 Å². The largest absolute Gasteiger partial charge is 0.392 e. The number of aliphatic hydroxyl groups excluding tert-OH is 1. The molecule has 0 spiro atoms. The number of nitrogens with zero attached hydrogens (tertiary/aromatic N) is 2. The number of amides is 1. The molecular formula is C16H15N3O2. The van der Waals surface area contributed by atoms with Gasteiger partial charge in [0.15, 0.2) is 0 Å². The molecule has 0 aliphatic carbocycles. The molecule has 2 aromatic heterocycles. The first-order valence-electron chi connectivity index (χ1n) is 6.67. The van der Waals surface area contributed by atoms with Crippen LogP contribution in [0.1, 0.15) is 21.6 Å². The van der Waals surface area contributed by atoms with Crippen LogP contribution in [0.15, 0.2) is 54.9 Å². The topological polar surface area (TPSA) is 66.6 Å². The number of benzene rings is 1. The van der Waals surface area contributed by atoms with E-state index in [4.69, 9.17) is 5.11 Å². The lowest BCUT2D eigenvalue weighted by molar-refractivity contribution is 0.0946. The van der Waals surface area contributed by atoms with Crippen molar-refractivity contribution in [1.82, 2.24) is 14.7 Å². The second-order valence-electron chi connectivity index (χ2n) is 4.75. The number of aromatic nitrogens is 2. The highest BCUT2D eigenvalue weighted by Crippen LogP contribution is 2.06. The number of pyridine rings is 1. The quantitative estimate of drug-likeness (QED) is 0.765. The maximum absolute atomic E-state index is 12.1. The maximum atomic E-state index is 12.1. The SMILES string of the molecule is O=C(NCc1ccc(CO)cc1)c1cn2ccccc2n1. The number of hydrogen-bond acceptors (Lipinski definition) is 3. The van der Waals surface area contributed by atoms with Gasteiger partial charge in [-0.15, -0.1) is 0 Å². The molecule has 5 heteroatoms. The fraction of sp³-hybridized carbons (Fsp3) is 0.125. The lowest BCUT2D eigenvalue weighted by atomic mass is 10.1. The summed E-state index contributed by atoms with van der Waals surface area (Å²) in [4.78, 5) is 16.4. The van der Waals surface area contributed by atoms with Gasteiger partial charge in [-0.05, 0) is 23.3 Å². The third-order valence-corrected chi connectivity index (χ3v) is 3.26. The Hall–Kier alpha value is -2.66. The van der Waals surface area contributed by atoms with Crippen molar-refractivity contribution >= 4 is 11.6 Å². The van der Waals surface area contributed by atoms with Crippen LogP contribution in [-0.2, 0) is 13.2 Å². The van der Waals surface area contributed by atoms with E-state index in [9.17, 15) is 4.79 Å². The second-order valence-corrected chi connectivity index (χ2v) is 4.75. The highest BCUT2D eigenvalue weighted by molar-refractivity contribution is 5.92. The Bertz CT molecular complexity index is 730. The van der Waals surface area contributed by atoms with Crippen LogP contribution in [0.25, 0.3) is 5.65 Å². The predicted octanol–water partition coefficient (Wildman–Crippen LogP) is 1.76. The first kappa shape index (κ1) is 13.3. The van der Waals surface area contributed by atoms with Crippen molar-refractivity contribution in [3.05, 3.63) is 71.7 Å². The molecule has 0 bridgehead atoms. The molecular weight excluding hydrogens is 266 g/mol. The van der Waals surface area contributed by atoms with E-state index in [2.05, 4.69) is 10.3 Å². The van der Waals surface area contributed by atoms with Crippen molar-refractivity contribution in [2.24, 2.45) is 0 Å². The summed E-state index contributed by atoms with van der Waals surface area (Å²) >= 11 is 0. The molecule has 1 amide bonds. The van der Waals surface area contributed by atoms with E-state index in [0.717, 1.165) is 16.8 Å². The van der Waals surface area contributed by atoms with Crippen molar-refractivity contribution in [2.75, 3.05) is 0 Å². The summed E-state index contributed by atoms with van der Waals surface area (Å²) in [6.45, 7) is 0.451. The first-order valence-corrected chi connectivity index (χ1v) is 6.67. The summed E-state index contributed by atoms with van der Waals surface area (Å²) in [5.74, 6) is -0.204. The number of fused-ring (bicyclic) bond motifs is 1. The summed E-state index contributed by atoms with van der Waals surface area (Å²) in [5, 5.41) is 11.8. The third kappa shape index (κ3) is 2.93. The monoisotopic (exact) mass is 281 g/mol. The molecule has 0 radical (unpaired) electrons. The standard InChI is InChI=1S/C16H15N3O2/c20-11-13-6-4-12(5-7-13)9-17-16(21)14-10-19-8-2-1-3-15(19)18-14/h1-8,10,20H,9,11H2,(H,17,21). The van der Waals surface area contributed by atoms with Crippen LogP contribution in [0.5, 0.6) is 0 Å². The van der Waals surface area contributed by atoms with E-state index in [1.807, 2.05) is 53.1 Å². The molecule has 3 aromatic rings. The van der Waals surface area contributed by atoms with E-state index in [0.29, 0.717) is 12.2 Å². The highest BCUT2D eigenvalue weighted by Gasteiger charge is 2.09. The minimum atomic E-state index is -0.204. The molecule has 0 fully saturated rings. The fourth-order valence-electron chi connectivity index (χ4n) is 2.08. The Morgan fingerprint density at radius 1 is 1.14 bits per heavy atom. The van der Waals surface area contributed by atoms with Crippen LogP contribution < -0.4 is 5.32 Å². The van der Waals surface area contributed by atoms with Crippen molar-refractivity contribution in [3.8, 4) is 0 Å². The number of nitrogens with one attached hydrogen (secondary N) is 1. The Morgan fingerprint density at radius 3 is 2.62 bits per heavy atom. The van der Waals surface area contributed by atoms with E-state index in [-0.39, 0.29) is 12.5 Å². The number of aliphatic hydroxyl groups is 1. The van der Waals surface area contributed by atoms with Crippen LogP contribution in [0.2, 0.25) is 0 Å². The molecule has 2 heterocycles. The van der Waals surface area contributed by atoms with Gasteiger partial charge in [-0.3, -0.25) is 4.79 Å². The molecule has 0 aliphatic heterocycles.